The predicted molar refractivity (Wildman–Crippen MR) is 95.2 cm³/mol. The molecule has 5 nitrogen and oxygen atoms in total. The van der Waals surface area contributed by atoms with Gasteiger partial charge in [-0.1, -0.05) is 35.9 Å². The van der Waals surface area contributed by atoms with Gasteiger partial charge in [0.25, 0.3) is 0 Å². The molecule has 1 unspecified atom stereocenters. The molecule has 0 saturated carbocycles. The Balaban J connectivity index is 1.69. The van der Waals surface area contributed by atoms with E-state index in [1.807, 2.05) is 61.5 Å². The molecular weight excluding hydrogens is 302 g/mol. The molecule has 2 aromatic rings. The van der Waals surface area contributed by atoms with Crippen LogP contribution in [0.25, 0.3) is 0 Å². The standard InChI is InChI=1S/C19H21N3O2/c1-14-8-10-16(11-9-14)20-19(24)21-12-13-22(18(23)15(21)2)17-6-4-3-5-7-17/h3-11,15H,12-13H2,1-2H3,(H,20,24). The minimum absolute atomic E-state index is 0.0634. The molecule has 0 bridgehead atoms. The van der Waals surface area contributed by atoms with Crippen LogP contribution in [-0.4, -0.2) is 36.0 Å². The molecule has 1 N–H and O–H groups in total. The first-order valence-electron chi connectivity index (χ1n) is 8.07. The summed E-state index contributed by atoms with van der Waals surface area (Å²) >= 11 is 0. The third-order valence-electron chi connectivity index (χ3n) is 4.29. The molecule has 1 fully saturated rings. The number of anilines is 2. The van der Waals surface area contributed by atoms with E-state index in [4.69, 9.17) is 0 Å². The Labute approximate surface area is 141 Å². The first-order chi connectivity index (χ1) is 11.6. The molecule has 124 valence electrons. The van der Waals surface area contributed by atoms with Crippen LogP contribution in [0.15, 0.2) is 54.6 Å². The van der Waals surface area contributed by atoms with Crippen molar-refractivity contribution in [2.75, 3.05) is 23.3 Å². The van der Waals surface area contributed by atoms with Gasteiger partial charge < -0.3 is 15.1 Å². The normalized spacial score (nSPS) is 17.8. The number of aryl methyl sites for hydroxylation is 1. The van der Waals surface area contributed by atoms with Crippen LogP contribution >= 0.6 is 0 Å². The van der Waals surface area contributed by atoms with E-state index in [1.54, 1.807) is 16.7 Å². The SMILES string of the molecule is Cc1ccc(NC(=O)N2CCN(c3ccccc3)C(=O)C2C)cc1. The average molecular weight is 323 g/mol. The molecule has 3 amide bonds. The van der Waals surface area contributed by atoms with Crippen LogP contribution < -0.4 is 10.2 Å². The second kappa shape index (κ2) is 6.74. The number of urea groups is 1. The summed E-state index contributed by atoms with van der Waals surface area (Å²) in [5.74, 6) is -0.0634. The maximum Gasteiger partial charge on any atom is 0.322 e. The van der Waals surface area contributed by atoms with E-state index < -0.39 is 6.04 Å². The van der Waals surface area contributed by atoms with E-state index in [0.29, 0.717) is 13.1 Å². The van der Waals surface area contributed by atoms with E-state index in [-0.39, 0.29) is 11.9 Å². The van der Waals surface area contributed by atoms with Crippen molar-refractivity contribution in [2.45, 2.75) is 19.9 Å². The Kier molecular flexibility index (Phi) is 4.51. The zero-order valence-electron chi connectivity index (χ0n) is 13.9. The molecule has 0 spiro atoms. The Hall–Kier alpha value is -2.82. The minimum Gasteiger partial charge on any atom is -0.311 e. The lowest BCUT2D eigenvalue weighted by Crippen LogP contribution is -2.58. The quantitative estimate of drug-likeness (QED) is 0.922. The third kappa shape index (κ3) is 3.25. The van der Waals surface area contributed by atoms with Gasteiger partial charge in [-0.05, 0) is 38.1 Å². The van der Waals surface area contributed by atoms with Gasteiger partial charge in [0.05, 0.1) is 0 Å². The van der Waals surface area contributed by atoms with E-state index in [1.165, 1.54) is 0 Å². The number of para-hydroxylation sites is 1. The zero-order chi connectivity index (χ0) is 17.1. The number of carbonyl (C=O) groups excluding carboxylic acids is 2. The molecule has 0 radical (unpaired) electrons. The van der Waals surface area contributed by atoms with Gasteiger partial charge in [0.1, 0.15) is 6.04 Å². The predicted octanol–water partition coefficient (Wildman–Crippen LogP) is 3.26. The van der Waals surface area contributed by atoms with Crippen LogP contribution in [0.3, 0.4) is 0 Å². The van der Waals surface area contributed by atoms with Gasteiger partial charge in [0.2, 0.25) is 5.91 Å². The Morgan fingerprint density at radius 3 is 2.38 bits per heavy atom. The van der Waals surface area contributed by atoms with E-state index in [9.17, 15) is 9.59 Å². The number of nitrogens with zero attached hydrogens (tertiary/aromatic N) is 2. The molecule has 0 aliphatic carbocycles. The van der Waals surface area contributed by atoms with Crippen LogP contribution in [0.4, 0.5) is 16.2 Å². The van der Waals surface area contributed by atoms with Crippen molar-refractivity contribution in [1.29, 1.82) is 0 Å². The van der Waals surface area contributed by atoms with Gasteiger partial charge in [-0.25, -0.2) is 4.79 Å². The Morgan fingerprint density at radius 2 is 1.71 bits per heavy atom. The topological polar surface area (TPSA) is 52.7 Å². The average Bonchev–Trinajstić information content (AvgIpc) is 2.60. The van der Waals surface area contributed by atoms with Gasteiger partial charge in [-0.3, -0.25) is 4.79 Å². The van der Waals surface area contributed by atoms with Gasteiger partial charge >= 0.3 is 6.03 Å². The zero-order valence-corrected chi connectivity index (χ0v) is 13.9. The largest absolute Gasteiger partial charge is 0.322 e. The summed E-state index contributed by atoms with van der Waals surface area (Å²) in [7, 11) is 0. The second-order valence-electron chi connectivity index (χ2n) is 5.99. The first-order valence-corrected chi connectivity index (χ1v) is 8.07. The lowest BCUT2D eigenvalue weighted by Gasteiger charge is -2.39. The molecular formula is C19H21N3O2. The lowest BCUT2D eigenvalue weighted by molar-refractivity contribution is -0.123. The van der Waals surface area contributed by atoms with Crippen LogP contribution in [0.5, 0.6) is 0 Å². The van der Waals surface area contributed by atoms with Crippen molar-refractivity contribution in [3.63, 3.8) is 0 Å². The fourth-order valence-electron chi connectivity index (χ4n) is 2.84. The maximum atomic E-state index is 12.6. The number of nitrogens with one attached hydrogen (secondary N) is 1. The van der Waals surface area contributed by atoms with Crippen LogP contribution in [-0.2, 0) is 4.79 Å². The summed E-state index contributed by atoms with van der Waals surface area (Å²) in [6.45, 7) is 4.76. The molecule has 5 heteroatoms. The van der Waals surface area contributed by atoms with Crippen LogP contribution in [0.2, 0.25) is 0 Å². The van der Waals surface area contributed by atoms with Crippen molar-refractivity contribution in [2.24, 2.45) is 0 Å². The van der Waals surface area contributed by atoms with Gasteiger partial charge in [-0.2, -0.15) is 0 Å². The summed E-state index contributed by atoms with van der Waals surface area (Å²) in [5, 5.41) is 2.86. The highest BCUT2D eigenvalue weighted by Gasteiger charge is 2.34. The highest BCUT2D eigenvalue weighted by Crippen LogP contribution is 2.21. The first kappa shape index (κ1) is 16.1. The molecule has 2 aromatic carbocycles. The van der Waals surface area contributed by atoms with Crippen LogP contribution in [0, 0.1) is 6.92 Å². The molecule has 24 heavy (non-hydrogen) atoms. The van der Waals surface area contributed by atoms with E-state index in [2.05, 4.69) is 5.32 Å². The van der Waals surface area contributed by atoms with Crippen molar-refractivity contribution in [3.05, 3.63) is 60.2 Å². The van der Waals surface area contributed by atoms with Crippen LogP contribution in [0.1, 0.15) is 12.5 Å². The monoisotopic (exact) mass is 323 g/mol. The third-order valence-corrected chi connectivity index (χ3v) is 4.29. The molecule has 1 aliphatic rings. The molecule has 1 saturated heterocycles. The fourth-order valence-corrected chi connectivity index (χ4v) is 2.84. The van der Waals surface area contributed by atoms with E-state index in [0.717, 1.165) is 16.9 Å². The number of hydrogen-bond acceptors (Lipinski definition) is 2. The maximum absolute atomic E-state index is 12.6. The molecule has 3 rings (SSSR count). The number of hydrogen-bond donors (Lipinski definition) is 1. The number of amides is 3. The fraction of sp³-hybridized carbons (Fsp3) is 0.263. The molecule has 0 aromatic heterocycles. The smallest absolute Gasteiger partial charge is 0.311 e. The van der Waals surface area contributed by atoms with Crippen molar-refractivity contribution in [1.82, 2.24) is 4.90 Å². The Bertz CT molecular complexity index is 728. The summed E-state index contributed by atoms with van der Waals surface area (Å²) in [4.78, 5) is 28.5. The molecule has 1 atom stereocenters. The number of benzene rings is 2. The lowest BCUT2D eigenvalue weighted by atomic mass is 10.1. The second-order valence-corrected chi connectivity index (χ2v) is 5.99. The van der Waals surface area contributed by atoms with Gasteiger partial charge in [-0.15, -0.1) is 0 Å². The number of rotatable bonds is 2. The highest BCUT2D eigenvalue weighted by molar-refractivity contribution is 6.01. The molecule has 1 heterocycles. The number of carbonyl (C=O) groups is 2. The summed E-state index contributed by atoms with van der Waals surface area (Å²) in [6, 6.07) is 16.4. The van der Waals surface area contributed by atoms with Crippen molar-refractivity contribution < 1.29 is 9.59 Å². The summed E-state index contributed by atoms with van der Waals surface area (Å²) in [6.07, 6.45) is 0. The summed E-state index contributed by atoms with van der Waals surface area (Å²) < 4.78 is 0. The number of piperazine rings is 1. The van der Waals surface area contributed by atoms with Crippen molar-refractivity contribution >= 4 is 23.3 Å². The highest BCUT2D eigenvalue weighted by atomic mass is 16.2. The van der Waals surface area contributed by atoms with Gasteiger partial charge in [0, 0.05) is 24.5 Å². The van der Waals surface area contributed by atoms with E-state index >= 15 is 0 Å². The van der Waals surface area contributed by atoms with Gasteiger partial charge in [0.15, 0.2) is 0 Å². The minimum atomic E-state index is -0.496. The molecule has 1 aliphatic heterocycles. The van der Waals surface area contributed by atoms with Crippen molar-refractivity contribution in [3.8, 4) is 0 Å². The Morgan fingerprint density at radius 1 is 1.04 bits per heavy atom. The summed E-state index contributed by atoms with van der Waals surface area (Å²) in [5.41, 5.74) is 2.73.